The van der Waals surface area contributed by atoms with Crippen molar-refractivity contribution >= 4 is 17.8 Å². The maximum absolute atomic E-state index is 13.0. The molecule has 0 radical (unpaired) electrons. The molecule has 4 rings (SSSR count). The van der Waals surface area contributed by atoms with Crippen molar-refractivity contribution < 1.29 is 24.2 Å². The molecule has 0 aromatic heterocycles. The number of hydrogen-bond donors (Lipinski definition) is 1. The van der Waals surface area contributed by atoms with Crippen LogP contribution in [-0.2, 0) is 38.6 Å². The van der Waals surface area contributed by atoms with Crippen LogP contribution >= 0.6 is 0 Å². The molecular formula is C25H28N2O5. The highest BCUT2D eigenvalue weighted by Crippen LogP contribution is 2.39. The molecule has 2 amide bonds. The highest BCUT2D eigenvalue weighted by atomic mass is 16.5. The minimum Gasteiger partial charge on any atom is -0.481 e. The lowest BCUT2D eigenvalue weighted by Crippen LogP contribution is -2.48. The summed E-state index contributed by atoms with van der Waals surface area (Å²) in [7, 11) is 0. The van der Waals surface area contributed by atoms with Gasteiger partial charge in [0.05, 0.1) is 19.6 Å². The number of nitrogens with zero attached hydrogens (tertiary/aromatic N) is 2. The zero-order valence-corrected chi connectivity index (χ0v) is 18.7. The van der Waals surface area contributed by atoms with E-state index >= 15 is 0 Å². The summed E-state index contributed by atoms with van der Waals surface area (Å²) in [5, 5.41) is 9.58. The Hall–Kier alpha value is -3.19. The number of benzene rings is 2. The predicted molar refractivity (Wildman–Crippen MR) is 119 cm³/mol. The molecule has 1 N–H and O–H groups in total. The van der Waals surface area contributed by atoms with Gasteiger partial charge in [0.15, 0.2) is 0 Å². The Kier molecular flexibility index (Phi) is 6.02. The third-order valence-corrected chi connectivity index (χ3v) is 6.53. The predicted octanol–water partition coefficient (Wildman–Crippen LogP) is 2.61. The second-order valence-electron chi connectivity index (χ2n) is 8.56. The maximum atomic E-state index is 13.0. The van der Waals surface area contributed by atoms with Crippen LogP contribution in [0.15, 0.2) is 24.3 Å². The Morgan fingerprint density at radius 3 is 2.03 bits per heavy atom. The van der Waals surface area contributed by atoms with Gasteiger partial charge in [-0.05, 0) is 59.7 Å². The second kappa shape index (κ2) is 8.74. The van der Waals surface area contributed by atoms with Crippen LogP contribution in [-0.4, -0.2) is 59.0 Å². The van der Waals surface area contributed by atoms with Crippen molar-refractivity contribution in [2.45, 2.75) is 40.3 Å². The van der Waals surface area contributed by atoms with E-state index in [2.05, 4.69) is 0 Å². The summed E-state index contributed by atoms with van der Waals surface area (Å²) >= 11 is 0. The number of rotatable bonds is 3. The van der Waals surface area contributed by atoms with Crippen LogP contribution in [0.1, 0.15) is 33.4 Å². The van der Waals surface area contributed by atoms with Crippen molar-refractivity contribution in [2.24, 2.45) is 0 Å². The number of fused-ring (bicyclic) bond motifs is 1. The summed E-state index contributed by atoms with van der Waals surface area (Å²) in [6, 6.07) is 8.04. The highest BCUT2D eigenvalue weighted by molar-refractivity contribution is 6.35. The monoisotopic (exact) mass is 436 g/mol. The van der Waals surface area contributed by atoms with Crippen LogP contribution in [0.25, 0.3) is 11.1 Å². The molecule has 7 heteroatoms. The van der Waals surface area contributed by atoms with Crippen LogP contribution in [0.5, 0.6) is 0 Å². The quantitative estimate of drug-likeness (QED) is 0.748. The molecule has 168 valence electrons. The summed E-state index contributed by atoms with van der Waals surface area (Å²) < 4.78 is 5.28. The number of carbonyl (C=O) groups is 3. The molecule has 0 aliphatic carbocycles. The molecule has 0 unspecified atom stereocenters. The normalized spacial score (nSPS) is 15.6. The summed E-state index contributed by atoms with van der Waals surface area (Å²) in [6.07, 6.45) is -0.0934. The fourth-order valence-electron chi connectivity index (χ4n) is 4.73. The first-order valence-electron chi connectivity index (χ1n) is 10.9. The lowest BCUT2D eigenvalue weighted by Gasteiger charge is -2.27. The average molecular weight is 437 g/mol. The molecule has 2 aromatic rings. The Labute approximate surface area is 187 Å². The van der Waals surface area contributed by atoms with E-state index in [1.54, 1.807) is 9.80 Å². The van der Waals surface area contributed by atoms with Gasteiger partial charge in [0.25, 0.3) is 0 Å². The molecule has 32 heavy (non-hydrogen) atoms. The van der Waals surface area contributed by atoms with Crippen molar-refractivity contribution in [1.82, 2.24) is 9.80 Å². The summed E-state index contributed by atoms with van der Waals surface area (Å²) in [6.45, 7) is 8.31. The first-order valence-corrected chi connectivity index (χ1v) is 10.9. The Bertz CT molecular complexity index is 1080. The largest absolute Gasteiger partial charge is 0.481 e. The zero-order chi connectivity index (χ0) is 23.0. The van der Waals surface area contributed by atoms with Gasteiger partial charge in [-0.2, -0.15) is 0 Å². The smallest absolute Gasteiger partial charge is 0.312 e. The van der Waals surface area contributed by atoms with E-state index in [0.717, 1.165) is 44.5 Å². The first-order chi connectivity index (χ1) is 15.3. The number of carbonyl (C=O) groups excluding carboxylic acids is 2. The van der Waals surface area contributed by atoms with Crippen molar-refractivity contribution in [1.29, 1.82) is 0 Å². The number of hydrogen-bond acceptors (Lipinski definition) is 4. The van der Waals surface area contributed by atoms with E-state index in [0.29, 0.717) is 39.4 Å². The number of morpholine rings is 1. The fraction of sp³-hybridized carbons (Fsp3) is 0.400. The Morgan fingerprint density at radius 1 is 0.875 bits per heavy atom. The van der Waals surface area contributed by atoms with Gasteiger partial charge in [-0.3, -0.25) is 14.4 Å². The minimum atomic E-state index is -0.894. The molecule has 0 atom stereocenters. The van der Waals surface area contributed by atoms with E-state index in [-0.39, 0.29) is 6.42 Å². The van der Waals surface area contributed by atoms with E-state index in [1.807, 2.05) is 45.0 Å². The van der Waals surface area contributed by atoms with Gasteiger partial charge >= 0.3 is 17.8 Å². The number of amides is 2. The summed E-state index contributed by atoms with van der Waals surface area (Å²) in [5.41, 5.74) is 7.60. The lowest BCUT2D eigenvalue weighted by molar-refractivity contribution is -0.154. The average Bonchev–Trinajstić information content (AvgIpc) is 3.24. The van der Waals surface area contributed by atoms with Crippen LogP contribution in [0, 0.1) is 20.8 Å². The number of aliphatic carboxylic acids is 1. The molecule has 0 bridgehead atoms. The molecule has 2 aromatic carbocycles. The molecular weight excluding hydrogens is 408 g/mol. The van der Waals surface area contributed by atoms with Crippen LogP contribution in [0.4, 0.5) is 0 Å². The first kappa shape index (κ1) is 22.0. The van der Waals surface area contributed by atoms with Crippen LogP contribution in [0.2, 0.25) is 0 Å². The van der Waals surface area contributed by atoms with E-state index in [1.165, 1.54) is 0 Å². The number of aryl methyl sites for hydroxylation is 1. The number of carboxylic acid groups (broad SMARTS) is 1. The van der Waals surface area contributed by atoms with Gasteiger partial charge in [0.2, 0.25) is 0 Å². The number of ether oxygens (including phenoxy) is 1. The zero-order valence-electron chi connectivity index (χ0n) is 18.7. The molecule has 1 fully saturated rings. The van der Waals surface area contributed by atoms with Gasteiger partial charge in [0.1, 0.15) is 0 Å². The SMILES string of the molecule is Cc1ccc(-c2c(C)c3c(c(C)c2CC(=O)O)CN(C(=O)C(=O)N2CCOCC2)C3)cc1. The van der Waals surface area contributed by atoms with Gasteiger partial charge in [-0.25, -0.2) is 0 Å². The Morgan fingerprint density at radius 2 is 1.44 bits per heavy atom. The summed E-state index contributed by atoms with van der Waals surface area (Å²) in [4.78, 5) is 40.5. The molecule has 7 nitrogen and oxygen atoms in total. The second-order valence-corrected chi connectivity index (χ2v) is 8.56. The summed E-state index contributed by atoms with van der Waals surface area (Å²) in [5.74, 6) is -1.91. The number of carboxylic acids is 1. The van der Waals surface area contributed by atoms with Crippen LogP contribution < -0.4 is 0 Å². The highest BCUT2D eigenvalue weighted by Gasteiger charge is 2.35. The van der Waals surface area contributed by atoms with Crippen molar-refractivity contribution in [2.75, 3.05) is 26.3 Å². The van der Waals surface area contributed by atoms with E-state index < -0.39 is 17.8 Å². The van der Waals surface area contributed by atoms with Gasteiger partial charge in [0, 0.05) is 26.2 Å². The van der Waals surface area contributed by atoms with Crippen molar-refractivity contribution in [3.05, 3.63) is 57.6 Å². The molecule has 2 heterocycles. The topological polar surface area (TPSA) is 87.2 Å². The van der Waals surface area contributed by atoms with Crippen molar-refractivity contribution in [3.63, 3.8) is 0 Å². The van der Waals surface area contributed by atoms with Crippen molar-refractivity contribution in [3.8, 4) is 11.1 Å². The van der Waals surface area contributed by atoms with E-state index in [9.17, 15) is 19.5 Å². The molecule has 2 aliphatic rings. The van der Waals surface area contributed by atoms with Gasteiger partial charge < -0.3 is 19.6 Å². The maximum Gasteiger partial charge on any atom is 0.312 e. The Balaban J connectivity index is 1.72. The molecule has 2 aliphatic heterocycles. The van der Waals surface area contributed by atoms with Gasteiger partial charge in [-0.15, -0.1) is 0 Å². The van der Waals surface area contributed by atoms with Gasteiger partial charge in [-0.1, -0.05) is 29.8 Å². The molecule has 1 saturated heterocycles. The van der Waals surface area contributed by atoms with Crippen LogP contribution in [0.3, 0.4) is 0 Å². The third-order valence-electron chi connectivity index (χ3n) is 6.53. The third kappa shape index (κ3) is 4.00. The standard InChI is InChI=1S/C25H28N2O5/c1-15-4-6-18(7-5-15)23-17(3)21-14-27(13-20(21)16(2)19(23)12-22(28)29)25(31)24(30)26-8-10-32-11-9-26/h4-7H,8-14H2,1-3H3,(H,28,29). The fourth-order valence-corrected chi connectivity index (χ4v) is 4.73. The lowest BCUT2D eigenvalue weighted by atomic mass is 9.84. The van der Waals surface area contributed by atoms with E-state index in [4.69, 9.17) is 4.74 Å². The minimum absolute atomic E-state index is 0.0934. The molecule has 0 spiro atoms. The molecule has 0 saturated carbocycles.